The van der Waals surface area contributed by atoms with Gasteiger partial charge in [0.05, 0.1) is 19.3 Å². The van der Waals surface area contributed by atoms with Gasteiger partial charge in [-0.25, -0.2) is 0 Å². The van der Waals surface area contributed by atoms with Gasteiger partial charge in [0.2, 0.25) is 11.8 Å². The number of nitrogens with zero attached hydrogens (tertiary/aromatic N) is 1. The Labute approximate surface area is 195 Å². The number of amides is 2. The van der Waals surface area contributed by atoms with Gasteiger partial charge in [-0.15, -0.1) is 0 Å². The van der Waals surface area contributed by atoms with Crippen LogP contribution in [0.15, 0.2) is 54.6 Å². The topological polar surface area (TPSA) is 58.6 Å². The van der Waals surface area contributed by atoms with Crippen molar-refractivity contribution in [2.75, 3.05) is 26.3 Å². The summed E-state index contributed by atoms with van der Waals surface area (Å²) in [5.41, 5.74) is 1.76. The first kappa shape index (κ1) is 22.8. The molecular formula is C26H31ClN2O3. The normalized spacial score (nSPS) is 18.8. The van der Waals surface area contributed by atoms with Gasteiger partial charge in [-0.2, -0.15) is 0 Å². The minimum absolute atomic E-state index is 0.00881. The third-order valence-electron chi connectivity index (χ3n) is 6.73. The molecule has 32 heavy (non-hydrogen) atoms. The van der Waals surface area contributed by atoms with Crippen molar-refractivity contribution in [2.24, 2.45) is 5.41 Å². The molecule has 170 valence electrons. The molecule has 2 amide bonds. The van der Waals surface area contributed by atoms with Crippen LogP contribution in [0.2, 0.25) is 5.02 Å². The first-order valence-corrected chi connectivity index (χ1v) is 11.9. The standard InChI is InChI=1S/C26H31ClN2O3/c27-22-10-8-21(9-11-22)25(20-6-2-1-3-7-20)28-23(30)18-26(12-4-5-13-26)19-24(31)29-14-16-32-17-15-29/h1-3,6-11,25H,4-5,12-19H2,(H,28,30)/t25-/m1/s1. The molecule has 2 fully saturated rings. The fourth-order valence-electron chi connectivity index (χ4n) is 5.00. The Balaban J connectivity index is 1.48. The Bertz CT molecular complexity index is 904. The predicted octanol–water partition coefficient (Wildman–Crippen LogP) is 4.75. The summed E-state index contributed by atoms with van der Waals surface area (Å²) in [4.78, 5) is 28.2. The Morgan fingerprint density at radius 3 is 2.22 bits per heavy atom. The highest BCUT2D eigenvalue weighted by Gasteiger charge is 2.39. The number of nitrogens with one attached hydrogen (secondary N) is 1. The highest BCUT2D eigenvalue weighted by molar-refractivity contribution is 6.30. The van der Waals surface area contributed by atoms with E-state index >= 15 is 0 Å². The summed E-state index contributed by atoms with van der Waals surface area (Å²) in [5, 5.41) is 3.91. The number of carbonyl (C=O) groups excluding carboxylic acids is 2. The number of rotatable bonds is 7. The molecule has 5 nitrogen and oxygen atoms in total. The lowest BCUT2D eigenvalue weighted by molar-refractivity contribution is -0.138. The van der Waals surface area contributed by atoms with E-state index in [0.29, 0.717) is 44.2 Å². The maximum Gasteiger partial charge on any atom is 0.223 e. The van der Waals surface area contributed by atoms with Crippen LogP contribution in [0.25, 0.3) is 0 Å². The number of morpholine rings is 1. The van der Waals surface area contributed by atoms with Gasteiger partial charge in [0.25, 0.3) is 0 Å². The molecule has 4 rings (SSSR count). The Hall–Kier alpha value is -2.37. The minimum atomic E-state index is -0.255. The van der Waals surface area contributed by atoms with Gasteiger partial charge in [0, 0.05) is 31.0 Å². The molecule has 2 aliphatic rings. The fraction of sp³-hybridized carbons (Fsp3) is 0.462. The minimum Gasteiger partial charge on any atom is -0.378 e. The smallest absolute Gasteiger partial charge is 0.223 e. The largest absolute Gasteiger partial charge is 0.378 e. The van der Waals surface area contributed by atoms with E-state index in [9.17, 15) is 9.59 Å². The van der Waals surface area contributed by atoms with Crippen LogP contribution in [-0.4, -0.2) is 43.0 Å². The Morgan fingerprint density at radius 1 is 0.938 bits per heavy atom. The van der Waals surface area contributed by atoms with Crippen LogP contribution in [0.4, 0.5) is 0 Å². The van der Waals surface area contributed by atoms with E-state index < -0.39 is 0 Å². The van der Waals surface area contributed by atoms with Crippen molar-refractivity contribution in [1.29, 1.82) is 0 Å². The quantitative estimate of drug-likeness (QED) is 0.657. The summed E-state index contributed by atoms with van der Waals surface area (Å²) in [6.45, 7) is 2.49. The maximum atomic E-state index is 13.3. The molecule has 1 heterocycles. The highest BCUT2D eigenvalue weighted by Crippen LogP contribution is 2.44. The lowest BCUT2D eigenvalue weighted by Crippen LogP contribution is -2.43. The number of hydrogen-bond donors (Lipinski definition) is 1. The van der Waals surface area contributed by atoms with E-state index in [0.717, 1.165) is 36.8 Å². The van der Waals surface area contributed by atoms with E-state index in [1.165, 1.54) is 0 Å². The monoisotopic (exact) mass is 454 g/mol. The summed E-state index contributed by atoms with van der Waals surface area (Å²) >= 11 is 6.08. The average molecular weight is 455 g/mol. The Kier molecular flexibility index (Phi) is 7.48. The van der Waals surface area contributed by atoms with Crippen LogP contribution in [0.5, 0.6) is 0 Å². The summed E-state index contributed by atoms with van der Waals surface area (Å²) in [6, 6.07) is 17.3. The van der Waals surface area contributed by atoms with Gasteiger partial charge in [0.15, 0.2) is 0 Å². The summed E-state index contributed by atoms with van der Waals surface area (Å²) in [7, 11) is 0. The third kappa shape index (κ3) is 5.70. The second-order valence-electron chi connectivity index (χ2n) is 9.02. The molecule has 0 aromatic heterocycles. The lowest BCUT2D eigenvalue weighted by Gasteiger charge is -2.33. The van der Waals surface area contributed by atoms with Gasteiger partial charge in [-0.3, -0.25) is 9.59 Å². The average Bonchev–Trinajstić information content (AvgIpc) is 3.27. The molecule has 1 atom stereocenters. The summed E-state index contributed by atoms with van der Waals surface area (Å²) in [6.07, 6.45) is 4.81. The zero-order chi connectivity index (χ0) is 22.4. The predicted molar refractivity (Wildman–Crippen MR) is 125 cm³/mol. The van der Waals surface area contributed by atoms with Crippen LogP contribution in [0.1, 0.15) is 55.7 Å². The number of benzene rings is 2. The SMILES string of the molecule is O=C(CC1(CC(=O)N2CCOCC2)CCCC1)N[C@H](c1ccccc1)c1ccc(Cl)cc1. The molecule has 1 aliphatic heterocycles. The van der Waals surface area contributed by atoms with Gasteiger partial charge >= 0.3 is 0 Å². The van der Waals surface area contributed by atoms with Crippen LogP contribution in [0.3, 0.4) is 0 Å². The van der Waals surface area contributed by atoms with Gasteiger partial charge in [-0.05, 0) is 41.5 Å². The molecule has 2 aromatic rings. The van der Waals surface area contributed by atoms with E-state index in [1.807, 2.05) is 59.5 Å². The van der Waals surface area contributed by atoms with Gasteiger partial charge in [-0.1, -0.05) is 66.9 Å². The van der Waals surface area contributed by atoms with Crippen LogP contribution in [-0.2, 0) is 14.3 Å². The van der Waals surface area contributed by atoms with Crippen molar-refractivity contribution < 1.29 is 14.3 Å². The molecule has 1 aliphatic carbocycles. The molecule has 0 bridgehead atoms. The number of carbonyl (C=O) groups is 2. The van der Waals surface area contributed by atoms with Crippen LogP contribution < -0.4 is 5.32 Å². The number of hydrogen-bond acceptors (Lipinski definition) is 3. The Morgan fingerprint density at radius 2 is 1.56 bits per heavy atom. The molecule has 0 spiro atoms. The zero-order valence-corrected chi connectivity index (χ0v) is 19.2. The number of halogens is 1. The van der Waals surface area contributed by atoms with Gasteiger partial charge in [0.1, 0.15) is 0 Å². The second-order valence-corrected chi connectivity index (χ2v) is 9.45. The zero-order valence-electron chi connectivity index (χ0n) is 18.4. The van der Waals surface area contributed by atoms with E-state index in [1.54, 1.807) is 0 Å². The first-order chi connectivity index (χ1) is 15.5. The second kappa shape index (κ2) is 10.5. The first-order valence-electron chi connectivity index (χ1n) is 11.5. The maximum absolute atomic E-state index is 13.3. The summed E-state index contributed by atoms with van der Waals surface area (Å²) in [5.74, 6) is 0.144. The van der Waals surface area contributed by atoms with Crippen molar-refractivity contribution in [3.8, 4) is 0 Å². The van der Waals surface area contributed by atoms with Crippen molar-refractivity contribution in [3.63, 3.8) is 0 Å². The van der Waals surface area contributed by atoms with Crippen molar-refractivity contribution in [2.45, 2.75) is 44.6 Å². The van der Waals surface area contributed by atoms with Crippen LogP contribution in [0, 0.1) is 5.41 Å². The molecule has 0 unspecified atom stereocenters. The van der Waals surface area contributed by atoms with Gasteiger partial charge < -0.3 is 15.0 Å². The fourth-order valence-corrected chi connectivity index (χ4v) is 5.12. The third-order valence-corrected chi connectivity index (χ3v) is 6.98. The molecular weight excluding hydrogens is 424 g/mol. The van der Waals surface area contributed by atoms with E-state index in [-0.39, 0.29) is 23.3 Å². The van der Waals surface area contributed by atoms with E-state index in [2.05, 4.69) is 5.32 Å². The molecule has 6 heteroatoms. The molecule has 1 saturated heterocycles. The van der Waals surface area contributed by atoms with Crippen LogP contribution >= 0.6 is 11.6 Å². The lowest BCUT2D eigenvalue weighted by atomic mass is 9.78. The summed E-state index contributed by atoms with van der Waals surface area (Å²) < 4.78 is 5.38. The molecule has 1 saturated carbocycles. The van der Waals surface area contributed by atoms with Crippen molar-refractivity contribution in [1.82, 2.24) is 10.2 Å². The molecule has 1 N–H and O–H groups in total. The number of ether oxygens (including phenoxy) is 1. The molecule has 2 aromatic carbocycles. The van der Waals surface area contributed by atoms with E-state index in [4.69, 9.17) is 16.3 Å². The van der Waals surface area contributed by atoms with Crippen molar-refractivity contribution in [3.05, 3.63) is 70.7 Å². The highest BCUT2D eigenvalue weighted by atomic mass is 35.5. The molecule has 0 radical (unpaired) electrons. The van der Waals surface area contributed by atoms with Crippen molar-refractivity contribution >= 4 is 23.4 Å².